The van der Waals surface area contributed by atoms with Gasteiger partial charge in [0.25, 0.3) is 0 Å². The van der Waals surface area contributed by atoms with E-state index in [1.54, 1.807) is 6.20 Å². The highest BCUT2D eigenvalue weighted by Gasteiger charge is 1.94. The molecule has 15 heavy (non-hydrogen) atoms. The molecule has 1 aromatic carbocycles. The Morgan fingerprint density at radius 2 is 2.07 bits per heavy atom. The molecule has 0 saturated heterocycles. The van der Waals surface area contributed by atoms with Gasteiger partial charge in [0.15, 0.2) is 0 Å². The first-order valence-corrected chi connectivity index (χ1v) is 5.41. The molecular weight excluding hydrogens is 204 g/mol. The smallest absolute Gasteiger partial charge is 0.0645 e. The van der Waals surface area contributed by atoms with Gasteiger partial charge in [-0.2, -0.15) is 17.7 Å². The summed E-state index contributed by atoms with van der Waals surface area (Å²) in [5, 5.41) is 4.16. The summed E-state index contributed by atoms with van der Waals surface area (Å²) >= 11 is 4.12. The predicted octanol–water partition coefficient (Wildman–Crippen LogP) is 2.82. The van der Waals surface area contributed by atoms with Crippen molar-refractivity contribution in [2.24, 2.45) is 0 Å². The fourth-order valence-electron chi connectivity index (χ4n) is 1.35. The molecule has 2 nitrogen and oxygen atoms in total. The van der Waals surface area contributed by atoms with E-state index in [1.807, 2.05) is 35.2 Å². The van der Waals surface area contributed by atoms with Crippen LogP contribution in [0, 0.1) is 0 Å². The molecular formula is C12H12N2S. The fourth-order valence-corrected chi connectivity index (χ4v) is 1.45. The Balaban J connectivity index is 2.21. The summed E-state index contributed by atoms with van der Waals surface area (Å²) in [4.78, 5) is 0. The maximum Gasteiger partial charge on any atom is 0.0645 e. The largest absolute Gasteiger partial charge is 0.241 e. The molecule has 0 spiro atoms. The van der Waals surface area contributed by atoms with E-state index in [1.165, 1.54) is 5.56 Å². The standard InChI is InChI=1S/C12H12N2S/c15-10-1-3-11-4-6-12(7-5-11)14-9-2-8-13-14/h1-9,15H,10H2. The first kappa shape index (κ1) is 10.1. The number of benzene rings is 1. The van der Waals surface area contributed by atoms with E-state index in [4.69, 9.17) is 0 Å². The molecule has 0 bridgehead atoms. The Bertz CT molecular complexity index is 429. The lowest BCUT2D eigenvalue weighted by Gasteiger charge is -2.01. The predicted molar refractivity (Wildman–Crippen MR) is 66.5 cm³/mol. The molecule has 0 aliphatic rings. The van der Waals surface area contributed by atoms with Gasteiger partial charge < -0.3 is 0 Å². The molecule has 0 aliphatic heterocycles. The number of nitrogens with zero attached hydrogens (tertiary/aromatic N) is 2. The molecule has 0 N–H and O–H groups in total. The molecule has 1 aromatic heterocycles. The lowest BCUT2D eigenvalue weighted by atomic mass is 10.2. The van der Waals surface area contributed by atoms with Gasteiger partial charge in [-0.05, 0) is 23.8 Å². The second-order valence-corrected chi connectivity index (χ2v) is 3.49. The van der Waals surface area contributed by atoms with Crippen LogP contribution in [-0.2, 0) is 0 Å². The van der Waals surface area contributed by atoms with Crippen molar-refractivity contribution in [1.82, 2.24) is 9.78 Å². The van der Waals surface area contributed by atoms with Gasteiger partial charge in [0.05, 0.1) is 5.69 Å². The van der Waals surface area contributed by atoms with Crippen LogP contribution in [0.1, 0.15) is 5.56 Å². The van der Waals surface area contributed by atoms with Gasteiger partial charge >= 0.3 is 0 Å². The van der Waals surface area contributed by atoms with E-state index >= 15 is 0 Å². The highest BCUT2D eigenvalue weighted by molar-refractivity contribution is 7.80. The van der Waals surface area contributed by atoms with E-state index in [0.29, 0.717) is 0 Å². The van der Waals surface area contributed by atoms with Crippen LogP contribution in [0.3, 0.4) is 0 Å². The Hall–Kier alpha value is -1.48. The van der Waals surface area contributed by atoms with E-state index < -0.39 is 0 Å². The van der Waals surface area contributed by atoms with Crippen LogP contribution < -0.4 is 0 Å². The van der Waals surface area contributed by atoms with Crippen molar-refractivity contribution in [3.05, 3.63) is 54.4 Å². The van der Waals surface area contributed by atoms with Crippen LogP contribution in [0.2, 0.25) is 0 Å². The minimum Gasteiger partial charge on any atom is -0.241 e. The Morgan fingerprint density at radius 1 is 1.27 bits per heavy atom. The molecule has 0 radical (unpaired) electrons. The molecule has 0 unspecified atom stereocenters. The zero-order valence-electron chi connectivity index (χ0n) is 8.24. The molecule has 3 heteroatoms. The van der Waals surface area contributed by atoms with E-state index in [0.717, 1.165) is 11.4 Å². The van der Waals surface area contributed by atoms with Gasteiger partial charge in [0.1, 0.15) is 0 Å². The minimum atomic E-state index is 0.765. The lowest BCUT2D eigenvalue weighted by Crippen LogP contribution is -1.93. The van der Waals surface area contributed by atoms with Gasteiger partial charge in [-0.3, -0.25) is 0 Å². The van der Waals surface area contributed by atoms with Crippen molar-refractivity contribution in [1.29, 1.82) is 0 Å². The molecule has 0 fully saturated rings. The van der Waals surface area contributed by atoms with Gasteiger partial charge in [-0.15, -0.1) is 0 Å². The monoisotopic (exact) mass is 216 g/mol. The summed E-state index contributed by atoms with van der Waals surface area (Å²) in [5.74, 6) is 0.765. The minimum absolute atomic E-state index is 0.765. The molecule has 2 rings (SSSR count). The van der Waals surface area contributed by atoms with Crippen LogP contribution in [0.4, 0.5) is 0 Å². The third-order valence-corrected chi connectivity index (χ3v) is 2.29. The third-order valence-electron chi connectivity index (χ3n) is 2.08. The first-order chi connectivity index (χ1) is 7.40. The summed E-state index contributed by atoms with van der Waals surface area (Å²) in [6.07, 6.45) is 7.78. The van der Waals surface area contributed by atoms with Crippen LogP contribution >= 0.6 is 12.6 Å². The fraction of sp³-hybridized carbons (Fsp3) is 0.0833. The quantitative estimate of drug-likeness (QED) is 0.781. The first-order valence-electron chi connectivity index (χ1n) is 4.77. The highest BCUT2D eigenvalue weighted by atomic mass is 32.1. The average molecular weight is 216 g/mol. The summed E-state index contributed by atoms with van der Waals surface area (Å²) in [6, 6.07) is 10.1. The molecule has 0 atom stereocenters. The van der Waals surface area contributed by atoms with Crippen LogP contribution in [-0.4, -0.2) is 15.5 Å². The van der Waals surface area contributed by atoms with Gasteiger partial charge in [0.2, 0.25) is 0 Å². The van der Waals surface area contributed by atoms with Crippen molar-refractivity contribution in [2.45, 2.75) is 0 Å². The average Bonchev–Trinajstić information content (AvgIpc) is 2.80. The molecule has 1 heterocycles. The summed E-state index contributed by atoms with van der Waals surface area (Å²) in [5.41, 5.74) is 2.25. The maximum atomic E-state index is 4.16. The van der Waals surface area contributed by atoms with Crippen molar-refractivity contribution in [3.63, 3.8) is 0 Å². The molecule has 2 aromatic rings. The van der Waals surface area contributed by atoms with Crippen LogP contribution in [0.5, 0.6) is 0 Å². The number of aromatic nitrogens is 2. The topological polar surface area (TPSA) is 17.8 Å². The molecule has 76 valence electrons. The lowest BCUT2D eigenvalue weighted by molar-refractivity contribution is 0.880. The van der Waals surface area contributed by atoms with E-state index in [-0.39, 0.29) is 0 Å². The van der Waals surface area contributed by atoms with E-state index in [2.05, 4.69) is 35.9 Å². The van der Waals surface area contributed by atoms with E-state index in [9.17, 15) is 0 Å². The second kappa shape index (κ2) is 4.84. The van der Waals surface area contributed by atoms with Crippen LogP contribution in [0.15, 0.2) is 48.8 Å². The van der Waals surface area contributed by atoms with Crippen molar-refractivity contribution in [2.75, 3.05) is 5.75 Å². The third kappa shape index (κ3) is 2.50. The zero-order valence-corrected chi connectivity index (χ0v) is 9.14. The second-order valence-electron chi connectivity index (χ2n) is 3.13. The van der Waals surface area contributed by atoms with Crippen molar-refractivity contribution >= 4 is 18.7 Å². The number of rotatable bonds is 3. The molecule has 0 amide bonds. The Labute approximate surface area is 94.7 Å². The SMILES string of the molecule is SCC=Cc1ccc(-n2cccn2)cc1. The molecule has 0 saturated carbocycles. The van der Waals surface area contributed by atoms with Crippen molar-refractivity contribution in [3.8, 4) is 5.69 Å². The molecule has 0 aliphatic carbocycles. The number of hydrogen-bond donors (Lipinski definition) is 1. The van der Waals surface area contributed by atoms with Crippen LogP contribution in [0.25, 0.3) is 11.8 Å². The normalized spacial score (nSPS) is 11.0. The summed E-state index contributed by atoms with van der Waals surface area (Å²) in [6.45, 7) is 0. The Morgan fingerprint density at radius 3 is 2.67 bits per heavy atom. The number of hydrogen-bond acceptors (Lipinski definition) is 2. The summed E-state index contributed by atoms with van der Waals surface area (Å²) in [7, 11) is 0. The van der Waals surface area contributed by atoms with Gasteiger partial charge in [0, 0.05) is 18.1 Å². The Kier molecular flexibility index (Phi) is 3.25. The zero-order chi connectivity index (χ0) is 10.5. The van der Waals surface area contributed by atoms with Crippen molar-refractivity contribution < 1.29 is 0 Å². The number of thiol groups is 1. The maximum absolute atomic E-state index is 4.16. The summed E-state index contributed by atoms with van der Waals surface area (Å²) < 4.78 is 1.84. The highest BCUT2D eigenvalue weighted by Crippen LogP contribution is 2.09. The van der Waals surface area contributed by atoms with Gasteiger partial charge in [-0.25, -0.2) is 4.68 Å². The van der Waals surface area contributed by atoms with Gasteiger partial charge in [-0.1, -0.05) is 24.3 Å².